The van der Waals surface area contributed by atoms with Crippen LogP contribution in [0.3, 0.4) is 0 Å². The van der Waals surface area contributed by atoms with E-state index in [0.29, 0.717) is 31.1 Å². The number of anilines is 1. The summed E-state index contributed by atoms with van der Waals surface area (Å²) in [4.78, 5) is 20.1. The third-order valence-electron chi connectivity index (χ3n) is 2.46. The average molecular weight is 248 g/mol. The van der Waals surface area contributed by atoms with Gasteiger partial charge in [0.05, 0.1) is 5.39 Å². The van der Waals surface area contributed by atoms with Gasteiger partial charge in [0.1, 0.15) is 12.1 Å². The van der Waals surface area contributed by atoms with E-state index in [9.17, 15) is 4.79 Å². The van der Waals surface area contributed by atoms with Gasteiger partial charge in [0.15, 0.2) is 5.65 Å². The molecule has 0 aliphatic heterocycles. The molecule has 0 saturated carbocycles. The number of fused-ring (bicyclic) bond motifs is 1. The van der Waals surface area contributed by atoms with Crippen molar-refractivity contribution in [3.05, 3.63) is 18.6 Å². The summed E-state index contributed by atoms with van der Waals surface area (Å²) < 4.78 is 1.47. The lowest BCUT2D eigenvalue weighted by Crippen LogP contribution is -2.27. The molecule has 2 aromatic rings. The van der Waals surface area contributed by atoms with Crippen LogP contribution in [0.15, 0.2) is 18.6 Å². The van der Waals surface area contributed by atoms with Gasteiger partial charge in [-0.2, -0.15) is 0 Å². The Hall–Kier alpha value is -2.15. The molecule has 0 radical (unpaired) electrons. The van der Waals surface area contributed by atoms with Gasteiger partial charge in [0, 0.05) is 25.8 Å². The summed E-state index contributed by atoms with van der Waals surface area (Å²) in [5.41, 5.74) is 6.02. The Morgan fingerprint density at radius 3 is 3.06 bits per heavy atom. The van der Waals surface area contributed by atoms with E-state index in [1.54, 1.807) is 6.20 Å². The Balaban J connectivity index is 2.38. The Bertz CT molecular complexity index is 549. The molecule has 0 fully saturated rings. The lowest BCUT2D eigenvalue weighted by Gasteiger charge is -2.06. The van der Waals surface area contributed by atoms with Gasteiger partial charge in [-0.05, 0) is 13.0 Å². The van der Waals surface area contributed by atoms with Gasteiger partial charge in [-0.3, -0.25) is 4.57 Å². The predicted octanol–water partition coefficient (Wildman–Crippen LogP) is 0.380. The van der Waals surface area contributed by atoms with Crippen LogP contribution in [0.1, 0.15) is 6.92 Å². The summed E-state index contributed by atoms with van der Waals surface area (Å²) in [5, 5.41) is 6.63. The quantitative estimate of drug-likeness (QED) is 0.726. The van der Waals surface area contributed by atoms with Gasteiger partial charge >= 0.3 is 6.03 Å². The number of carbonyl (C=O) groups excluding carboxylic acids is 1. The number of hydrogen-bond donors (Lipinski definition) is 3. The number of rotatable bonds is 4. The van der Waals surface area contributed by atoms with Gasteiger partial charge in [-0.1, -0.05) is 0 Å². The number of carbonyl (C=O) groups is 1. The fourth-order valence-corrected chi connectivity index (χ4v) is 1.68. The molecule has 0 aliphatic carbocycles. The fourth-order valence-electron chi connectivity index (χ4n) is 1.68. The van der Waals surface area contributed by atoms with Crippen molar-refractivity contribution < 1.29 is 4.79 Å². The molecule has 7 nitrogen and oxygen atoms in total. The van der Waals surface area contributed by atoms with Crippen molar-refractivity contribution in [2.75, 3.05) is 25.0 Å². The number of nitrogens with one attached hydrogen (secondary N) is 2. The molecule has 7 heteroatoms. The molecular formula is C11H16N6O. The van der Waals surface area contributed by atoms with Crippen LogP contribution in [0.2, 0.25) is 0 Å². The highest BCUT2D eigenvalue weighted by Crippen LogP contribution is 2.19. The Morgan fingerprint density at radius 2 is 2.33 bits per heavy atom. The first-order valence-corrected chi connectivity index (χ1v) is 5.82. The van der Waals surface area contributed by atoms with Crippen molar-refractivity contribution in [1.29, 1.82) is 0 Å². The highest BCUT2D eigenvalue weighted by Gasteiger charge is 2.11. The first kappa shape index (κ1) is 12.3. The van der Waals surface area contributed by atoms with Gasteiger partial charge in [0.25, 0.3) is 0 Å². The van der Waals surface area contributed by atoms with E-state index in [1.165, 1.54) is 10.9 Å². The molecule has 0 bridgehead atoms. The van der Waals surface area contributed by atoms with Gasteiger partial charge < -0.3 is 16.4 Å². The Labute approximate surface area is 104 Å². The summed E-state index contributed by atoms with van der Waals surface area (Å²) in [6.45, 7) is 3.58. The van der Waals surface area contributed by atoms with Gasteiger partial charge in [-0.15, -0.1) is 0 Å². The maximum atomic E-state index is 11.8. The molecule has 18 heavy (non-hydrogen) atoms. The first-order valence-electron chi connectivity index (χ1n) is 5.82. The van der Waals surface area contributed by atoms with Crippen molar-refractivity contribution >= 4 is 22.9 Å². The summed E-state index contributed by atoms with van der Waals surface area (Å²) in [6.07, 6.45) is 3.11. The summed E-state index contributed by atoms with van der Waals surface area (Å²) in [7, 11) is 0. The zero-order valence-electron chi connectivity index (χ0n) is 10.2. The second-order valence-electron chi connectivity index (χ2n) is 3.70. The zero-order chi connectivity index (χ0) is 13.0. The second kappa shape index (κ2) is 5.46. The molecule has 0 atom stereocenters. The number of nitrogens with two attached hydrogens (primary N) is 1. The molecule has 0 spiro atoms. The van der Waals surface area contributed by atoms with E-state index in [2.05, 4.69) is 20.6 Å². The number of hydrogen-bond acceptors (Lipinski definition) is 5. The molecule has 1 amide bonds. The van der Waals surface area contributed by atoms with Crippen LogP contribution in [0.5, 0.6) is 0 Å². The number of amides is 1. The van der Waals surface area contributed by atoms with Crippen LogP contribution in [-0.4, -0.2) is 40.2 Å². The standard InChI is InChI=1S/C11H16N6O/c1-2-13-11(18)17-6-3-8-9(14-5-4-12)15-7-16-10(8)17/h3,6-7H,2,4-5,12H2,1H3,(H,13,18)(H,14,15,16). The van der Waals surface area contributed by atoms with Crippen LogP contribution in [-0.2, 0) is 0 Å². The third kappa shape index (κ3) is 2.25. The second-order valence-corrected chi connectivity index (χ2v) is 3.70. The van der Waals surface area contributed by atoms with Crippen molar-refractivity contribution in [3.8, 4) is 0 Å². The molecule has 96 valence electrons. The predicted molar refractivity (Wildman–Crippen MR) is 69.5 cm³/mol. The maximum Gasteiger partial charge on any atom is 0.327 e. The minimum absolute atomic E-state index is 0.198. The molecule has 2 heterocycles. The number of aromatic nitrogens is 3. The van der Waals surface area contributed by atoms with E-state index < -0.39 is 0 Å². The zero-order valence-corrected chi connectivity index (χ0v) is 10.2. The van der Waals surface area contributed by atoms with E-state index >= 15 is 0 Å². The van der Waals surface area contributed by atoms with Crippen LogP contribution in [0.4, 0.5) is 10.6 Å². The molecule has 4 N–H and O–H groups in total. The van der Waals surface area contributed by atoms with Crippen molar-refractivity contribution in [2.24, 2.45) is 5.73 Å². The van der Waals surface area contributed by atoms with Gasteiger partial charge in [0.2, 0.25) is 0 Å². The lowest BCUT2D eigenvalue weighted by molar-refractivity contribution is 0.243. The van der Waals surface area contributed by atoms with Crippen molar-refractivity contribution in [1.82, 2.24) is 19.9 Å². The van der Waals surface area contributed by atoms with Crippen LogP contribution >= 0.6 is 0 Å². The molecule has 2 aromatic heterocycles. The lowest BCUT2D eigenvalue weighted by atomic mass is 10.4. The monoisotopic (exact) mass is 248 g/mol. The van der Waals surface area contributed by atoms with E-state index in [-0.39, 0.29) is 6.03 Å². The highest BCUT2D eigenvalue weighted by molar-refractivity contribution is 5.94. The third-order valence-corrected chi connectivity index (χ3v) is 2.46. The largest absolute Gasteiger partial charge is 0.368 e. The molecule has 0 saturated heterocycles. The van der Waals surface area contributed by atoms with E-state index in [4.69, 9.17) is 5.73 Å². The highest BCUT2D eigenvalue weighted by atomic mass is 16.2. The van der Waals surface area contributed by atoms with Crippen molar-refractivity contribution in [3.63, 3.8) is 0 Å². The smallest absolute Gasteiger partial charge is 0.327 e. The summed E-state index contributed by atoms with van der Waals surface area (Å²) in [5.74, 6) is 0.688. The van der Waals surface area contributed by atoms with E-state index in [0.717, 1.165) is 5.39 Å². The molecule has 0 aromatic carbocycles. The molecule has 0 unspecified atom stereocenters. The maximum absolute atomic E-state index is 11.8. The van der Waals surface area contributed by atoms with Crippen LogP contribution in [0.25, 0.3) is 11.0 Å². The number of nitrogens with zero attached hydrogens (tertiary/aromatic N) is 3. The van der Waals surface area contributed by atoms with E-state index in [1.807, 2.05) is 13.0 Å². The topological polar surface area (TPSA) is 97.9 Å². The minimum Gasteiger partial charge on any atom is -0.368 e. The Morgan fingerprint density at radius 1 is 1.50 bits per heavy atom. The average Bonchev–Trinajstić information content (AvgIpc) is 2.81. The van der Waals surface area contributed by atoms with Crippen LogP contribution in [0, 0.1) is 0 Å². The summed E-state index contributed by atoms with van der Waals surface area (Å²) in [6, 6.07) is 1.61. The van der Waals surface area contributed by atoms with Crippen LogP contribution < -0.4 is 16.4 Å². The Kier molecular flexibility index (Phi) is 3.73. The normalized spacial score (nSPS) is 10.6. The van der Waals surface area contributed by atoms with Crippen molar-refractivity contribution in [2.45, 2.75) is 6.92 Å². The SMILES string of the molecule is CCNC(=O)n1ccc2c(NCCN)ncnc21. The van der Waals surface area contributed by atoms with Gasteiger partial charge in [-0.25, -0.2) is 14.8 Å². The fraction of sp³-hybridized carbons (Fsp3) is 0.364. The molecule has 0 aliphatic rings. The minimum atomic E-state index is -0.198. The molecule has 2 rings (SSSR count). The summed E-state index contributed by atoms with van der Waals surface area (Å²) >= 11 is 0. The molecular weight excluding hydrogens is 232 g/mol. The first-order chi connectivity index (χ1) is 8.77.